The monoisotopic (exact) mass is 268 g/mol. The minimum atomic E-state index is -0.432. The summed E-state index contributed by atoms with van der Waals surface area (Å²) in [6.07, 6.45) is 2.09. The molecule has 0 aliphatic carbocycles. The van der Waals surface area contributed by atoms with Crippen LogP contribution in [0.15, 0.2) is 36.7 Å². The lowest BCUT2D eigenvalue weighted by molar-refractivity contribution is -0.120. The summed E-state index contributed by atoms with van der Waals surface area (Å²) in [6.45, 7) is 0.411. The number of fused-ring (bicyclic) bond motifs is 2. The Labute approximate surface area is 115 Å². The maximum atomic E-state index is 12.5. The molecule has 20 heavy (non-hydrogen) atoms. The normalized spacial score (nSPS) is 21.1. The Kier molecular flexibility index (Phi) is 2.20. The SMILES string of the molecule is O=C1[C@@H]2Cc3nc[nH]c3CN2C(=O)N1c1ccccc1. The van der Waals surface area contributed by atoms with Crippen molar-refractivity contribution in [1.82, 2.24) is 14.9 Å². The van der Waals surface area contributed by atoms with Crippen molar-refractivity contribution in [3.8, 4) is 0 Å². The quantitative estimate of drug-likeness (QED) is 0.793. The second-order valence-electron chi connectivity index (χ2n) is 4.97. The predicted octanol–water partition coefficient (Wildman–Crippen LogP) is 1.30. The number of aromatic nitrogens is 2. The Hall–Kier alpha value is -2.63. The molecule has 0 radical (unpaired) electrons. The number of imidazole rings is 1. The molecular formula is C14H12N4O2. The van der Waals surface area contributed by atoms with Crippen LogP contribution in [0.2, 0.25) is 0 Å². The predicted molar refractivity (Wildman–Crippen MR) is 70.9 cm³/mol. The zero-order chi connectivity index (χ0) is 13.7. The average Bonchev–Trinajstić information content (AvgIpc) is 3.02. The van der Waals surface area contributed by atoms with Gasteiger partial charge < -0.3 is 9.88 Å². The van der Waals surface area contributed by atoms with Crippen LogP contribution in [0.1, 0.15) is 11.4 Å². The van der Waals surface area contributed by atoms with Gasteiger partial charge in [-0.3, -0.25) is 4.79 Å². The fourth-order valence-corrected chi connectivity index (χ4v) is 2.84. The molecule has 2 aliphatic rings. The lowest BCUT2D eigenvalue weighted by Crippen LogP contribution is -2.40. The molecule has 6 nitrogen and oxygen atoms in total. The van der Waals surface area contributed by atoms with Crippen molar-refractivity contribution in [3.05, 3.63) is 48.0 Å². The molecular weight excluding hydrogens is 256 g/mol. The molecule has 6 heteroatoms. The van der Waals surface area contributed by atoms with E-state index < -0.39 is 6.04 Å². The van der Waals surface area contributed by atoms with E-state index in [1.807, 2.05) is 18.2 Å². The van der Waals surface area contributed by atoms with E-state index in [1.165, 1.54) is 4.90 Å². The summed E-state index contributed by atoms with van der Waals surface area (Å²) in [5.41, 5.74) is 2.41. The number of urea groups is 1. The van der Waals surface area contributed by atoms with E-state index in [0.29, 0.717) is 18.7 Å². The second kappa shape index (κ2) is 3.93. The van der Waals surface area contributed by atoms with Crippen LogP contribution in [0.25, 0.3) is 0 Å². The van der Waals surface area contributed by atoms with E-state index in [1.54, 1.807) is 23.4 Å². The zero-order valence-corrected chi connectivity index (χ0v) is 10.6. The molecule has 1 N–H and O–H groups in total. The van der Waals surface area contributed by atoms with Crippen LogP contribution in [0, 0.1) is 0 Å². The van der Waals surface area contributed by atoms with Gasteiger partial charge in [-0.25, -0.2) is 14.7 Å². The van der Waals surface area contributed by atoms with Crippen molar-refractivity contribution < 1.29 is 9.59 Å². The summed E-state index contributed by atoms with van der Waals surface area (Å²) in [5, 5.41) is 0. The number of aromatic amines is 1. The number of anilines is 1. The molecule has 1 fully saturated rings. The number of para-hydroxylation sites is 1. The summed E-state index contributed by atoms with van der Waals surface area (Å²) < 4.78 is 0. The van der Waals surface area contributed by atoms with Gasteiger partial charge in [-0.15, -0.1) is 0 Å². The number of benzene rings is 1. The van der Waals surface area contributed by atoms with Crippen LogP contribution in [0.4, 0.5) is 10.5 Å². The molecule has 0 bridgehead atoms. The highest BCUT2D eigenvalue weighted by Gasteiger charge is 2.48. The molecule has 0 unspecified atom stereocenters. The van der Waals surface area contributed by atoms with Crippen LogP contribution in [0.5, 0.6) is 0 Å². The van der Waals surface area contributed by atoms with Crippen molar-refractivity contribution in [2.45, 2.75) is 19.0 Å². The number of imide groups is 1. The van der Waals surface area contributed by atoms with Gasteiger partial charge in [0.05, 0.1) is 29.9 Å². The Bertz CT molecular complexity index is 656. The summed E-state index contributed by atoms with van der Waals surface area (Å²) in [7, 11) is 0. The average molecular weight is 268 g/mol. The lowest BCUT2D eigenvalue weighted by atomic mass is 10.0. The number of carbonyl (C=O) groups is 2. The van der Waals surface area contributed by atoms with Crippen molar-refractivity contribution in [3.63, 3.8) is 0 Å². The molecule has 1 saturated heterocycles. The Balaban J connectivity index is 1.73. The van der Waals surface area contributed by atoms with Crippen molar-refractivity contribution in [2.75, 3.05) is 4.90 Å². The molecule has 1 atom stereocenters. The molecule has 3 heterocycles. The maximum absolute atomic E-state index is 12.5. The van der Waals surface area contributed by atoms with Gasteiger partial charge in [-0.1, -0.05) is 18.2 Å². The van der Waals surface area contributed by atoms with Crippen molar-refractivity contribution in [1.29, 1.82) is 0 Å². The van der Waals surface area contributed by atoms with Gasteiger partial charge in [0.1, 0.15) is 6.04 Å². The smallest absolute Gasteiger partial charge is 0.332 e. The number of nitrogens with zero attached hydrogens (tertiary/aromatic N) is 3. The first-order valence-electron chi connectivity index (χ1n) is 6.46. The van der Waals surface area contributed by atoms with Crippen LogP contribution in [0.3, 0.4) is 0 Å². The van der Waals surface area contributed by atoms with Crippen LogP contribution < -0.4 is 4.90 Å². The van der Waals surface area contributed by atoms with E-state index >= 15 is 0 Å². The molecule has 1 aromatic carbocycles. The van der Waals surface area contributed by atoms with Gasteiger partial charge in [-0.05, 0) is 12.1 Å². The van der Waals surface area contributed by atoms with Gasteiger partial charge in [0.2, 0.25) is 0 Å². The minimum Gasteiger partial charge on any atom is -0.347 e. The van der Waals surface area contributed by atoms with Gasteiger partial charge in [0, 0.05) is 6.42 Å². The number of hydrogen-bond donors (Lipinski definition) is 1. The minimum absolute atomic E-state index is 0.171. The Morgan fingerprint density at radius 2 is 2.00 bits per heavy atom. The number of hydrogen-bond acceptors (Lipinski definition) is 3. The van der Waals surface area contributed by atoms with Crippen molar-refractivity contribution >= 4 is 17.6 Å². The van der Waals surface area contributed by atoms with E-state index in [9.17, 15) is 9.59 Å². The molecule has 0 saturated carbocycles. The molecule has 100 valence electrons. The first-order chi connectivity index (χ1) is 9.75. The maximum Gasteiger partial charge on any atom is 0.332 e. The second-order valence-corrected chi connectivity index (χ2v) is 4.97. The number of carbonyl (C=O) groups excluding carboxylic acids is 2. The van der Waals surface area contributed by atoms with Gasteiger partial charge in [-0.2, -0.15) is 0 Å². The first-order valence-corrected chi connectivity index (χ1v) is 6.46. The molecule has 2 aromatic rings. The summed E-state index contributed by atoms with van der Waals surface area (Å²) in [4.78, 5) is 35.1. The topological polar surface area (TPSA) is 69.3 Å². The number of rotatable bonds is 1. The number of nitrogens with one attached hydrogen (secondary N) is 1. The number of amides is 3. The fraction of sp³-hybridized carbons (Fsp3) is 0.214. The Morgan fingerprint density at radius 1 is 1.20 bits per heavy atom. The summed E-state index contributed by atoms with van der Waals surface area (Å²) in [5.74, 6) is -0.171. The lowest BCUT2D eigenvalue weighted by Gasteiger charge is -2.25. The largest absolute Gasteiger partial charge is 0.347 e. The highest BCUT2D eigenvalue weighted by Crippen LogP contribution is 2.31. The van der Waals surface area contributed by atoms with E-state index in [4.69, 9.17) is 0 Å². The fourth-order valence-electron chi connectivity index (χ4n) is 2.84. The van der Waals surface area contributed by atoms with Gasteiger partial charge in [0.15, 0.2) is 0 Å². The molecule has 0 spiro atoms. The van der Waals surface area contributed by atoms with E-state index in [-0.39, 0.29) is 11.9 Å². The van der Waals surface area contributed by atoms with Crippen molar-refractivity contribution in [2.24, 2.45) is 0 Å². The summed E-state index contributed by atoms with van der Waals surface area (Å²) in [6, 6.07) is 8.34. The van der Waals surface area contributed by atoms with E-state index in [2.05, 4.69) is 9.97 Å². The van der Waals surface area contributed by atoms with E-state index in [0.717, 1.165) is 11.4 Å². The molecule has 2 aliphatic heterocycles. The third-order valence-electron chi connectivity index (χ3n) is 3.86. The molecule has 3 amide bonds. The van der Waals surface area contributed by atoms with Gasteiger partial charge >= 0.3 is 6.03 Å². The number of H-pyrrole nitrogens is 1. The van der Waals surface area contributed by atoms with Gasteiger partial charge in [0.25, 0.3) is 5.91 Å². The Morgan fingerprint density at radius 3 is 2.80 bits per heavy atom. The van der Waals surface area contributed by atoms with Crippen LogP contribution >= 0.6 is 0 Å². The summed E-state index contributed by atoms with van der Waals surface area (Å²) >= 11 is 0. The molecule has 4 rings (SSSR count). The zero-order valence-electron chi connectivity index (χ0n) is 10.6. The first kappa shape index (κ1) is 11.2. The molecule has 1 aromatic heterocycles. The third kappa shape index (κ3) is 1.41. The van der Waals surface area contributed by atoms with Crippen LogP contribution in [-0.2, 0) is 17.8 Å². The van der Waals surface area contributed by atoms with Crippen LogP contribution in [-0.4, -0.2) is 32.8 Å². The third-order valence-corrected chi connectivity index (χ3v) is 3.86. The highest BCUT2D eigenvalue weighted by atomic mass is 16.2. The standard InChI is InChI=1S/C14H12N4O2/c19-13-12-6-10-11(16-8-15-10)7-17(12)14(20)18(13)9-4-2-1-3-5-9/h1-5,8,12H,6-7H2,(H,15,16)/t12-/m0/s1. The highest BCUT2D eigenvalue weighted by molar-refractivity contribution is 6.21.